The summed E-state index contributed by atoms with van der Waals surface area (Å²) in [5.74, 6) is 0.144. The van der Waals surface area contributed by atoms with Gasteiger partial charge in [0.05, 0.1) is 18.0 Å². The number of nitrogens with one attached hydrogen (secondary N) is 1. The first-order valence-electron chi connectivity index (χ1n) is 23.6. The molecule has 1 aromatic carbocycles. The molecular weight excluding hydrogens is 888 g/mol. The number of amides is 2. The molecule has 0 bridgehead atoms. The van der Waals surface area contributed by atoms with Crippen molar-refractivity contribution < 1.29 is 27.9 Å². The van der Waals surface area contributed by atoms with Gasteiger partial charge in [0.1, 0.15) is 22.7 Å². The van der Waals surface area contributed by atoms with E-state index in [4.69, 9.17) is 10.7 Å². The zero-order chi connectivity index (χ0) is 49.2. The number of aryl methyl sites for hydroxylation is 1. The lowest BCUT2D eigenvalue weighted by atomic mass is 9.88. The Morgan fingerprint density at radius 1 is 0.986 bits per heavy atom. The summed E-state index contributed by atoms with van der Waals surface area (Å²) < 4.78 is 45.0. The normalized spacial score (nSPS) is 19.1. The maximum absolute atomic E-state index is 14.0. The Hall–Kier alpha value is -6.53. The quantitative estimate of drug-likeness (QED) is 0.122. The number of hydrogen-bond acceptors (Lipinski definition) is 11. The fourth-order valence-electron chi connectivity index (χ4n) is 10.6. The van der Waals surface area contributed by atoms with Gasteiger partial charge in [0, 0.05) is 117 Å². The van der Waals surface area contributed by atoms with E-state index in [0.29, 0.717) is 84.2 Å². The highest BCUT2D eigenvalue weighted by Gasteiger charge is 2.50. The van der Waals surface area contributed by atoms with Crippen molar-refractivity contribution in [2.75, 3.05) is 59.3 Å². The number of piperidine rings is 1. The largest absolute Gasteiger partial charge is 0.399 e. The van der Waals surface area contributed by atoms with Gasteiger partial charge in [0.15, 0.2) is 5.82 Å². The predicted molar refractivity (Wildman–Crippen MR) is 261 cm³/mol. The molecule has 0 radical (unpaired) electrons. The summed E-state index contributed by atoms with van der Waals surface area (Å²) in [6.45, 7) is 13.1. The molecule has 2 saturated heterocycles. The summed E-state index contributed by atoms with van der Waals surface area (Å²) in [6, 6.07) is 14.6. The monoisotopic (exact) mass is 947 g/mol. The Balaban J connectivity index is 0.907. The number of halogens is 3. The Morgan fingerprint density at radius 2 is 1.75 bits per heavy atom. The highest BCUT2D eigenvalue weighted by molar-refractivity contribution is 6.06. The number of primary amides is 1. The number of nitrogens with zero attached hydrogens (tertiary/aromatic N) is 9. The van der Waals surface area contributed by atoms with Crippen molar-refractivity contribution in [3.8, 4) is 11.3 Å². The van der Waals surface area contributed by atoms with E-state index < -0.39 is 29.7 Å². The van der Waals surface area contributed by atoms with E-state index in [1.807, 2.05) is 24.3 Å². The molecule has 0 saturated carbocycles. The number of carbonyl (C=O) groups is 2. The van der Waals surface area contributed by atoms with E-state index in [-0.39, 0.29) is 28.9 Å². The number of fused-ring (bicyclic) bond motifs is 3. The molecule has 69 heavy (non-hydrogen) atoms. The zero-order valence-corrected chi connectivity index (χ0v) is 40.0. The molecular formula is C51H60F3N11O4. The van der Waals surface area contributed by atoms with Crippen LogP contribution in [0.4, 0.5) is 42.0 Å². The minimum atomic E-state index is -4.42. The summed E-state index contributed by atoms with van der Waals surface area (Å²) >= 11 is 0. The fraction of sp³-hybridized carbons (Fsp3) is 0.451. The molecule has 18 heteroatoms. The van der Waals surface area contributed by atoms with Crippen LogP contribution in [0.1, 0.15) is 86.0 Å². The molecule has 4 N–H and O–H groups in total. The van der Waals surface area contributed by atoms with Crippen molar-refractivity contribution in [3.63, 3.8) is 0 Å². The van der Waals surface area contributed by atoms with Crippen molar-refractivity contribution >= 4 is 46.7 Å². The van der Waals surface area contributed by atoms with Gasteiger partial charge in [-0.25, -0.2) is 15.0 Å². The van der Waals surface area contributed by atoms with Crippen LogP contribution in [0.25, 0.3) is 17.3 Å². The van der Waals surface area contributed by atoms with Gasteiger partial charge in [0.25, 0.3) is 11.5 Å². The summed E-state index contributed by atoms with van der Waals surface area (Å²) in [4.78, 5) is 62.0. The van der Waals surface area contributed by atoms with Crippen LogP contribution >= 0.6 is 0 Å². The molecule has 0 spiro atoms. The molecule has 364 valence electrons. The van der Waals surface area contributed by atoms with E-state index in [1.54, 1.807) is 48.6 Å². The van der Waals surface area contributed by atoms with Crippen molar-refractivity contribution in [3.05, 3.63) is 111 Å². The second-order valence-electron chi connectivity index (χ2n) is 20.2. The first kappa shape index (κ1) is 47.5. The first-order chi connectivity index (χ1) is 32.7. The summed E-state index contributed by atoms with van der Waals surface area (Å²) in [7, 11) is 1.62. The number of aliphatic hydroxyl groups is 1. The number of hydrogen-bond donors (Lipinski definition) is 3. The highest BCUT2D eigenvalue weighted by atomic mass is 19.4. The maximum Gasteiger partial charge on any atom is 0.399 e. The van der Waals surface area contributed by atoms with Crippen LogP contribution in [-0.4, -0.2) is 103 Å². The number of rotatable bonds is 11. The number of anilines is 5. The van der Waals surface area contributed by atoms with Crippen LogP contribution in [0.15, 0.2) is 71.8 Å². The van der Waals surface area contributed by atoms with Gasteiger partial charge in [-0.3, -0.25) is 24.2 Å². The number of benzene rings is 1. The van der Waals surface area contributed by atoms with Gasteiger partial charge in [-0.1, -0.05) is 19.9 Å². The van der Waals surface area contributed by atoms with Crippen LogP contribution in [0.3, 0.4) is 0 Å². The van der Waals surface area contributed by atoms with Gasteiger partial charge >= 0.3 is 6.18 Å². The van der Waals surface area contributed by atoms with Gasteiger partial charge in [-0.15, -0.1) is 0 Å². The molecule has 9 rings (SSSR count). The van der Waals surface area contributed by atoms with Crippen LogP contribution in [0.5, 0.6) is 0 Å². The lowest BCUT2D eigenvalue weighted by Gasteiger charge is -2.47. The number of aliphatic hydroxyl groups excluding tert-OH is 1. The fourth-order valence-corrected chi connectivity index (χ4v) is 10.6. The molecule has 4 aliphatic rings. The molecule has 0 unspecified atom stereocenters. The van der Waals surface area contributed by atoms with Crippen LogP contribution in [0.2, 0.25) is 0 Å². The lowest BCUT2D eigenvalue weighted by molar-refractivity contribution is -0.181. The number of carbonyl (C=O) groups excluding carboxylic acids is 2. The molecule has 1 atom stereocenters. The van der Waals surface area contributed by atoms with E-state index in [0.717, 1.165) is 58.3 Å². The van der Waals surface area contributed by atoms with Crippen molar-refractivity contribution in [2.24, 2.45) is 18.2 Å². The molecule has 1 aliphatic carbocycles. The average molecular weight is 948 g/mol. The molecule has 2 fully saturated rings. The lowest BCUT2D eigenvalue weighted by Crippen LogP contribution is -2.57. The second-order valence-corrected chi connectivity index (χ2v) is 20.2. The summed E-state index contributed by atoms with van der Waals surface area (Å²) in [5.41, 5.74) is 9.77. The third-order valence-corrected chi connectivity index (χ3v) is 14.5. The number of piperazine rings is 1. The smallest absolute Gasteiger partial charge is 0.392 e. The SMILES string of the molecule is C[C@H]1CN(C2CCN(c3cccc(C(C)(C)C(F)(F)F)n3)CC2)CCN1c1ccc(Nc2nc(-c3ccnc(N4CCn5c(cc6c5CC(C)(C)C6)C4=O)c3CO)cn(C)c2=O)cc1C=CC(N)=O. The minimum Gasteiger partial charge on any atom is -0.392 e. The third-order valence-electron chi connectivity index (χ3n) is 14.5. The molecule has 7 heterocycles. The molecule has 4 aromatic heterocycles. The predicted octanol–water partition coefficient (Wildman–Crippen LogP) is 6.58. The molecule has 2 amide bonds. The maximum atomic E-state index is 14.0. The topological polar surface area (TPSA) is 171 Å². The second kappa shape index (κ2) is 18.1. The Bertz CT molecular complexity index is 2900. The van der Waals surface area contributed by atoms with Crippen molar-refractivity contribution in [1.82, 2.24) is 29.0 Å². The number of pyridine rings is 2. The van der Waals surface area contributed by atoms with E-state index in [1.165, 1.54) is 28.0 Å². The summed E-state index contributed by atoms with van der Waals surface area (Å²) in [6.07, 6.45) is 5.24. The first-order valence-corrected chi connectivity index (χ1v) is 23.6. The van der Waals surface area contributed by atoms with E-state index >= 15 is 0 Å². The number of nitrogens with two attached hydrogens (primary N) is 1. The molecule has 15 nitrogen and oxygen atoms in total. The Kier molecular flexibility index (Phi) is 12.5. The van der Waals surface area contributed by atoms with Crippen molar-refractivity contribution in [1.29, 1.82) is 0 Å². The highest BCUT2D eigenvalue weighted by Crippen LogP contribution is 2.42. The van der Waals surface area contributed by atoms with Crippen LogP contribution in [0, 0.1) is 5.41 Å². The van der Waals surface area contributed by atoms with Gasteiger partial charge in [-0.05, 0) is 106 Å². The van der Waals surface area contributed by atoms with Crippen LogP contribution < -0.4 is 31.3 Å². The number of aromatic nitrogens is 5. The van der Waals surface area contributed by atoms with Crippen LogP contribution in [-0.2, 0) is 43.3 Å². The van der Waals surface area contributed by atoms with Gasteiger partial charge < -0.3 is 35.1 Å². The van der Waals surface area contributed by atoms with Crippen molar-refractivity contribution in [2.45, 2.75) is 97.1 Å². The van der Waals surface area contributed by atoms with Gasteiger partial charge in [-0.2, -0.15) is 13.2 Å². The standard InChI is InChI=1S/C51H60F3N11O4/c1-31-28-62(35-15-18-61(19-16-35)44-9-7-8-42(59-44)50(4,5)51(52,53)54)20-21-63(31)39-12-11-34(24-32(39)10-13-43(55)67)57-45-48(69)60(6)29-38(58-45)36-14-17-56-46(37(36)30-66)65-23-22-64-40(47(65)68)25-33-26-49(2,3)27-41(33)64/h7-14,17,24-25,29,31,35,66H,15-16,18-23,26-28,30H2,1-6H3,(H2,55,67)(H,57,58)/t31-/m0/s1. The minimum absolute atomic E-state index is 0.00693. The Morgan fingerprint density at radius 3 is 2.46 bits per heavy atom. The Labute approximate surface area is 399 Å². The summed E-state index contributed by atoms with van der Waals surface area (Å²) in [5, 5.41) is 14.0. The number of alkyl halides is 3. The van der Waals surface area contributed by atoms with Gasteiger partial charge in [0.2, 0.25) is 5.91 Å². The zero-order valence-electron chi connectivity index (χ0n) is 40.0. The van der Waals surface area contributed by atoms with E-state index in [2.05, 4.69) is 55.3 Å². The average Bonchev–Trinajstić information content (AvgIpc) is 3.81. The van der Waals surface area contributed by atoms with E-state index in [9.17, 15) is 32.7 Å². The molecule has 3 aliphatic heterocycles. The molecule has 5 aromatic rings. The third kappa shape index (κ3) is 9.11.